The Morgan fingerprint density at radius 1 is 1.32 bits per heavy atom. The van der Waals surface area contributed by atoms with Gasteiger partial charge in [-0.15, -0.1) is 0 Å². The number of amides is 1. The molecular weight excluding hydrogens is 261 g/mol. The Labute approximate surface area is 108 Å². The molecule has 3 rings (SSSR count). The van der Waals surface area contributed by atoms with Gasteiger partial charge in [0.25, 0.3) is 0 Å². The molecule has 1 unspecified atom stereocenters. The lowest BCUT2D eigenvalue weighted by atomic mass is 9.80. The van der Waals surface area contributed by atoms with E-state index in [1.807, 2.05) is 0 Å². The highest BCUT2D eigenvalue weighted by Crippen LogP contribution is 2.49. The van der Waals surface area contributed by atoms with Crippen molar-refractivity contribution in [2.75, 3.05) is 26.2 Å². The van der Waals surface area contributed by atoms with Crippen LogP contribution >= 0.6 is 0 Å². The molecule has 2 N–H and O–H groups in total. The second-order valence-corrected chi connectivity index (χ2v) is 6.05. The molecule has 0 radical (unpaired) electrons. The second-order valence-electron chi connectivity index (χ2n) is 6.05. The van der Waals surface area contributed by atoms with E-state index >= 15 is 0 Å². The zero-order valence-electron chi connectivity index (χ0n) is 10.5. The summed E-state index contributed by atoms with van der Waals surface area (Å²) in [4.78, 5) is 13.3. The quantitative estimate of drug-likeness (QED) is 0.774. The first-order chi connectivity index (χ1) is 8.79. The first kappa shape index (κ1) is 13.2. The Bertz CT molecular complexity index is 394. The van der Waals surface area contributed by atoms with Gasteiger partial charge in [0.2, 0.25) is 5.91 Å². The number of aliphatic hydroxyl groups is 1. The molecule has 2 saturated heterocycles. The van der Waals surface area contributed by atoms with Gasteiger partial charge >= 0.3 is 6.18 Å². The van der Waals surface area contributed by atoms with Crippen LogP contribution in [0, 0.1) is 11.3 Å². The van der Waals surface area contributed by atoms with Gasteiger partial charge < -0.3 is 15.3 Å². The van der Waals surface area contributed by atoms with Crippen LogP contribution in [0.5, 0.6) is 0 Å². The molecule has 0 spiro atoms. The van der Waals surface area contributed by atoms with Crippen molar-refractivity contribution in [1.29, 1.82) is 0 Å². The molecule has 0 bridgehead atoms. The summed E-state index contributed by atoms with van der Waals surface area (Å²) in [6.07, 6.45) is -2.94. The lowest BCUT2D eigenvalue weighted by Crippen LogP contribution is -2.68. The molecule has 3 fully saturated rings. The summed E-state index contributed by atoms with van der Waals surface area (Å²) in [6, 6.07) is 0. The van der Waals surface area contributed by atoms with Gasteiger partial charge in [-0.1, -0.05) is 0 Å². The number of nitrogens with zero attached hydrogens (tertiary/aromatic N) is 1. The third-order valence-electron chi connectivity index (χ3n) is 4.66. The highest BCUT2D eigenvalue weighted by atomic mass is 19.4. The number of halogens is 3. The number of hydrogen-bond donors (Lipinski definition) is 2. The molecule has 0 aromatic heterocycles. The van der Waals surface area contributed by atoms with Gasteiger partial charge in [0.1, 0.15) is 5.60 Å². The average molecular weight is 278 g/mol. The summed E-state index contributed by atoms with van der Waals surface area (Å²) in [7, 11) is 0. The van der Waals surface area contributed by atoms with Gasteiger partial charge in [0, 0.05) is 6.54 Å². The molecule has 0 aromatic rings. The number of hydrogen-bond acceptors (Lipinski definition) is 3. The lowest BCUT2D eigenvalue weighted by molar-refractivity contribution is -0.230. The zero-order valence-corrected chi connectivity index (χ0v) is 10.5. The maximum atomic E-state index is 13.2. The molecule has 3 aliphatic rings. The summed E-state index contributed by atoms with van der Waals surface area (Å²) < 4.78 is 39.6. The van der Waals surface area contributed by atoms with Gasteiger partial charge in [-0.3, -0.25) is 4.79 Å². The summed E-state index contributed by atoms with van der Waals surface area (Å²) in [5.41, 5.74) is -3.23. The van der Waals surface area contributed by atoms with Crippen molar-refractivity contribution >= 4 is 5.91 Å². The van der Waals surface area contributed by atoms with Crippen molar-refractivity contribution in [3.8, 4) is 0 Å². The van der Waals surface area contributed by atoms with Gasteiger partial charge in [-0.05, 0) is 31.7 Å². The molecule has 2 heterocycles. The van der Waals surface area contributed by atoms with Crippen molar-refractivity contribution < 1.29 is 23.1 Å². The smallest absolute Gasteiger partial charge is 0.386 e. The molecule has 1 atom stereocenters. The summed E-state index contributed by atoms with van der Waals surface area (Å²) in [5.74, 6) is -0.713. The van der Waals surface area contributed by atoms with E-state index in [9.17, 15) is 23.1 Å². The van der Waals surface area contributed by atoms with Crippen LogP contribution in [0.3, 0.4) is 0 Å². The molecule has 4 nitrogen and oxygen atoms in total. The number of alkyl halides is 3. The van der Waals surface area contributed by atoms with E-state index in [0.717, 1.165) is 12.8 Å². The van der Waals surface area contributed by atoms with E-state index in [2.05, 4.69) is 5.32 Å². The fourth-order valence-corrected chi connectivity index (χ4v) is 3.18. The minimum absolute atomic E-state index is 0.0499. The fraction of sp³-hybridized carbons (Fsp3) is 0.917. The van der Waals surface area contributed by atoms with Crippen LogP contribution in [-0.4, -0.2) is 53.9 Å². The van der Waals surface area contributed by atoms with E-state index in [-0.39, 0.29) is 38.5 Å². The maximum absolute atomic E-state index is 13.2. The molecule has 0 aromatic carbocycles. The van der Waals surface area contributed by atoms with E-state index in [1.165, 1.54) is 4.90 Å². The van der Waals surface area contributed by atoms with Gasteiger partial charge in [0.15, 0.2) is 5.41 Å². The summed E-state index contributed by atoms with van der Waals surface area (Å²) in [6.45, 7) is -0.0532. The molecule has 19 heavy (non-hydrogen) atoms. The Hall–Kier alpha value is -0.820. The predicted octanol–water partition coefficient (Wildman–Crippen LogP) is 0.512. The minimum atomic E-state index is -4.54. The Morgan fingerprint density at radius 2 is 1.95 bits per heavy atom. The number of carbonyl (C=O) groups is 1. The molecule has 7 heteroatoms. The molecule has 1 amide bonds. The zero-order chi connectivity index (χ0) is 13.9. The third kappa shape index (κ3) is 1.86. The molecule has 108 valence electrons. The minimum Gasteiger partial charge on any atom is -0.386 e. The Morgan fingerprint density at radius 3 is 2.37 bits per heavy atom. The average Bonchev–Trinajstić information content (AvgIpc) is 3.00. The molecule has 1 aliphatic carbocycles. The SMILES string of the molecule is O=C(N1CC(O)(C2CC2)C1)C1(C(F)(F)F)CCNC1. The van der Waals surface area contributed by atoms with Gasteiger partial charge in [0.05, 0.1) is 13.1 Å². The maximum Gasteiger partial charge on any atom is 0.404 e. The lowest BCUT2D eigenvalue weighted by Gasteiger charge is -2.49. The van der Waals surface area contributed by atoms with Crippen LogP contribution in [0.25, 0.3) is 0 Å². The third-order valence-corrected chi connectivity index (χ3v) is 4.66. The molecule has 1 saturated carbocycles. The van der Waals surface area contributed by atoms with Crippen LogP contribution in [0.4, 0.5) is 13.2 Å². The first-order valence-electron chi connectivity index (χ1n) is 6.58. The van der Waals surface area contributed by atoms with E-state index in [4.69, 9.17) is 0 Å². The second kappa shape index (κ2) is 3.85. The van der Waals surface area contributed by atoms with Crippen molar-refractivity contribution in [2.45, 2.75) is 31.0 Å². The predicted molar refractivity (Wildman–Crippen MR) is 60.2 cm³/mol. The molecule has 2 aliphatic heterocycles. The van der Waals surface area contributed by atoms with Gasteiger partial charge in [-0.2, -0.15) is 13.2 Å². The number of rotatable bonds is 2. The van der Waals surface area contributed by atoms with Crippen molar-refractivity contribution in [3.63, 3.8) is 0 Å². The van der Waals surface area contributed by atoms with Crippen LogP contribution < -0.4 is 5.32 Å². The van der Waals surface area contributed by atoms with Crippen LogP contribution in [0.1, 0.15) is 19.3 Å². The topological polar surface area (TPSA) is 52.6 Å². The van der Waals surface area contributed by atoms with Crippen LogP contribution in [0.2, 0.25) is 0 Å². The van der Waals surface area contributed by atoms with E-state index in [0.29, 0.717) is 0 Å². The first-order valence-corrected chi connectivity index (χ1v) is 6.58. The Balaban J connectivity index is 1.73. The number of nitrogens with one attached hydrogen (secondary N) is 1. The fourth-order valence-electron chi connectivity index (χ4n) is 3.18. The standard InChI is InChI=1S/C12H17F3N2O2/c13-12(14,15)10(3-4-16-5-10)9(18)17-6-11(19,7-17)8-1-2-8/h8,16,19H,1-7H2. The summed E-state index contributed by atoms with van der Waals surface area (Å²) >= 11 is 0. The molecular formula is C12H17F3N2O2. The normalized spacial score (nSPS) is 34.2. The number of likely N-dealkylation sites (tertiary alicyclic amines) is 1. The van der Waals surface area contributed by atoms with Crippen molar-refractivity contribution in [1.82, 2.24) is 10.2 Å². The van der Waals surface area contributed by atoms with E-state index in [1.54, 1.807) is 0 Å². The summed E-state index contributed by atoms with van der Waals surface area (Å²) in [5, 5.41) is 12.7. The van der Waals surface area contributed by atoms with Gasteiger partial charge in [-0.25, -0.2) is 0 Å². The highest BCUT2D eigenvalue weighted by Gasteiger charge is 2.65. The van der Waals surface area contributed by atoms with Crippen molar-refractivity contribution in [3.05, 3.63) is 0 Å². The number of carbonyl (C=O) groups excluding carboxylic acids is 1. The van der Waals surface area contributed by atoms with Crippen molar-refractivity contribution in [2.24, 2.45) is 11.3 Å². The highest BCUT2D eigenvalue weighted by molar-refractivity contribution is 5.85. The van der Waals surface area contributed by atoms with E-state index < -0.39 is 23.1 Å². The van der Waals surface area contributed by atoms with Crippen LogP contribution in [-0.2, 0) is 4.79 Å². The Kier molecular flexibility index (Phi) is 2.67. The number of β-amino-alcohol motifs (C(OH)–C–C–N with tert-alkyl or cyclic N) is 1. The largest absolute Gasteiger partial charge is 0.404 e. The monoisotopic (exact) mass is 278 g/mol. The van der Waals surface area contributed by atoms with Crippen LogP contribution in [0.15, 0.2) is 0 Å².